The summed E-state index contributed by atoms with van der Waals surface area (Å²) in [4.78, 5) is 37.7. The highest BCUT2D eigenvalue weighted by Gasteiger charge is 2.48. The first kappa shape index (κ1) is 17.5. The third-order valence-electron chi connectivity index (χ3n) is 3.30. The van der Waals surface area contributed by atoms with E-state index in [-0.39, 0.29) is 0 Å². The molecule has 2 unspecified atom stereocenters. The highest BCUT2D eigenvalue weighted by atomic mass is 32.5. The maximum atomic E-state index is 12.4. The number of hydrogen-bond acceptors (Lipinski definition) is 9. The Labute approximate surface area is 151 Å². The van der Waals surface area contributed by atoms with Gasteiger partial charge >= 0.3 is 5.69 Å². The molecule has 10 nitrogen and oxygen atoms in total. The second-order valence-corrected chi connectivity index (χ2v) is 8.12. The van der Waals surface area contributed by atoms with Crippen LogP contribution in [0.2, 0.25) is 0 Å². The fourth-order valence-corrected chi connectivity index (χ4v) is 4.30. The molecule has 2 N–H and O–H groups in total. The van der Waals surface area contributed by atoms with Gasteiger partial charge in [0.2, 0.25) is 0 Å². The van der Waals surface area contributed by atoms with Gasteiger partial charge in [0.05, 0.1) is 15.4 Å². The van der Waals surface area contributed by atoms with E-state index in [1.165, 1.54) is 7.11 Å². The summed E-state index contributed by atoms with van der Waals surface area (Å²) < 4.78 is 37.1. The molecule has 25 heavy (non-hydrogen) atoms. The Bertz CT molecular complexity index is 826. The van der Waals surface area contributed by atoms with E-state index in [4.69, 9.17) is 33.1 Å². The van der Waals surface area contributed by atoms with E-state index in [0.717, 1.165) is 16.8 Å². The van der Waals surface area contributed by atoms with Gasteiger partial charge in [-0.15, -0.1) is 0 Å². The highest BCUT2D eigenvalue weighted by Crippen LogP contribution is 2.46. The van der Waals surface area contributed by atoms with Crippen LogP contribution in [0.25, 0.3) is 0 Å². The molecular weight excluding hydrogens is 375 g/mol. The highest BCUT2D eigenvalue weighted by molar-refractivity contribution is 8.06. The molecule has 1 aliphatic heterocycles. The van der Waals surface area contributed by atoms with Gasteiger partial charge in [0.25, 0.3) is 5.56 Å². The van der Waals surface area contributed by atoms with E-state index in [0.29, 0.717) is 0 Å². The van der Waals surface area contributed by atoms with E-state index in [1.807, 2.05) is 4.98 Å². The summed E-state index contributed by atoms with van der Waals surface area (Å²) in [5.41, 5.74) is -1.50. The van der Waals surface area contributed by atoms with Crippen LogP contribution in [0, 0.1) is 0 Å². The first-order valence-corrected chi connectivity index (χ1v) is 9.81. The summed E-state index contributed by atoms with van der Waals surface area (Å²) in [5, 5.41) is 9.82. The maximum Gasteiger partial charge on any atom is 0.330 e. The summed E-state index contributed by atoms with van der Waals surface area (Å²) in [6, 6.07) is 1.05. The molecule has 0 aliphatic carbocycles. The minimum absolute atomic E-state index is 0.543. The average Bonchev–Trinajstić information content (AvgIpc) is 2.83. The first-order chi connectivity index (χ1) is 12.4. The molecule has 0 saturated carbocycles. The Morgan fingerprint density at radius 2 is 2.24 bits per heavy atom. The normalized spacial score (nSPS) is 30.8. The van der Waals surface area contributed by atoms with Gasteiger partial charge in [-0.2, -0.15) is 0 Å². The number of nitrogens with zero attached hydrogens (tertiary/aromatic N) is 1. The molecule has 1 aliphatic rings. The van der Waals surface area contributed by atoms with E-state index in [1.54, 1.807) is 13.8 Å². The summed E-state index contributed by atoms with van der Waals surface area (Å²) in [5.74, 6) is 0. The molecule has 1 fully saturated rings. The van der Waals surface area contributed by atoms with Gasteiger partial charge in [0, 0.05) is 19.4 Å². The second kappa shape index (κ2) is 8.19. The minimum Gasteiger partial charge on any atom is -0.780 e. The smallest absolute Gasteiger partial charge is 0.330 e. The van der Waals surface area contributed by atoms with Crippen LogP contribution in [0.5, 0.6) is 0 Å². The molecule has 142 valence electrons. The number of H-pyrrole nitrogens is 1. The van der Waals surface area contributed by atoms with Crippen LogP contribution in [-0.4, -0.2) is 52.7 Å². The summed E-state index contributed by atoms with van der Waals surface area (Å²) in [6.07, 6.45) is -5.11. The molecule has 2 heterocycles. The van der Waals surface area contributed by atoms with Crippen LogP contribution in [0.1, 0.15) is 22.8 Å². The number of aromatic amines is 1. The van der Waals surface area contributed by atoms with Crippen LogP contribution >= 0.6 is 6.72 Å². The van der Waals surface area contributed by atoms with Gasteiger partial charge in [-0.05, 0) is 13.8 Å². The lowest BCUT2D eigenvalue weighted by Gasteiger charge is -2.34. The molecule has 5 atom stereocenters. The molecule has 0 spiro atoms. The zero-order valence-corrected chi connectivity index (χ0v) is 15.4. The zero-order valence-electron chi connectivity index (χ0n) is 15.6. The minimum atomic E-state index is -4.09. The van der Waals surface area contributed by atoms with Crippen molar-refractivity contribution >= 4 is 18.5 Å². The largest absolute Gasteiger partial charge is 0.780 e. The molecule has 0 amide bonds. The van der Waals surface area contributed by atoms with Crippen molar-refractivity contribution < 1.29 is 31.3 Å². The predicted octanol–water partition coefficient (Wildman–Crippen LogP) is -1.16. The second-order valence-electron chi connectivity index (χ2n) is 5.47. The lowest BCUT2D eigenvalue weighted by Crippen LogP contribution is -2.40. The molecule has 2 rings (SSSR count). The number of rotatable bonds is 7. The molecule has 1 saturated heterocycles. The Morgan fingerprint density at radius 1 is 1.56 bits per heavy atom. The molecular formula is C13H20N2O8PS-. The molecule has 1 aromatic rings. The van der Waals surface area contributed by atoms with Crippen molar-refractivity contribution in [3.05, 3.63) is 33.1 Å². The van der Waals surface area contributed by atoms with Crippen LogP contribution in [0.3, 0.4) is 0 Å². The monoisotopic (exact) mass is 397 g/mol. The fourth-order valence-electron chi connectivity index (χ4n) is 2.39. The van der Waals surface area contributed by atoms with Gasteiger partial charge in [-0.25, -0.2) is 4.79 Å². The summed E-state index contributed by atoms with van der Waals surface area (Å²) in [7, 11) is 1.22. The Kier molecular flexibility index (Phi) is 5.73. The number of nitrogens with one attached hydrogen (secondary N) is 1. The lowest BCUT2D eigenvalue weighted by molar-refractivity contribution is -0.218. The van der Waals surface area contributed by atoms with E-state index >= 15 is 0 Å². The predicted molar refractivity (Wildman–Crippen MR) is 88.5 cm³/mol. The molecule has 0 radical (unpaired) electrons. The van der Waals surface area contributed by atoms with Crippen molar-refractivity contribution in [1.82, 2.24) is 9.55 Å². The van der Waals surface area contributed by atoms with Crippen molar-refractivity contribution in [2.75, 3.05) is 13.7 Å². The first-order valence-electron chi connectivity index (χ1n) is 8.25. The summed E-state index contributed by atoms with van der Waals surface area (Å²) >= 11 is 4.81. The molecule has 12 heteroatoms. The van der Waals surface area contributed by atoms with E-state index in [2.05, 4.69) is 0 Å². The number of hydrogen-bond donors (Lipinski definition) is 2. The number of ether oxygens (including phenoxy) is 2. The van der Waals surface area contributed by atoms with Gasteiger partial charge in [-0.3, -0.25) is 14.3 Å². The number of methoxy groups -OCH3 is 1. The van der Waals surface area contributed by atoms with Crippen molar-refractivity contribution in [1.29, 1.82) is 0 Å². The van der Waals surface area contributed by atoms with Crippen molar-refractivity contribution in [3.63, 3.8) is 0 Å². The fraction of sp³-hybridized carbons (Fsp3) is 0.692. The summed E-state index contributed by atoms with van der Waals surface area (Å²) in [6.45, 7) is -3.89. The van der Waals surface area contributed by atoms with Crippen LogP contribution in [-0.2, 0) is 30.3 Å². The van der Waals surface area contributed by atoms with Gasteiger partial charge in [0.15, 0.2) is 6.23 Å². The number of aliphatic hydroxyl groups is 1. The average molecular weight is 397 g/mol. The van der Waals surface area contributed by atoms with E-state index in [9.17, 15) is 19.6 Å². The Hall–Kier alpha value is -0.910. The van der Waals surface area contributed by atoms with Crippen LogP contribution in [0.15, 0.2) is 21.9 Å². The van der Waals surface area contributed by atoms with Crippen molar-refractivity contribution in [2.24, 2.45) is 0 Å². The lowest BCUT2D eigenvalue weighted by atomic mass is 10.1. The van der Waals surface area contributed by atoms with E-state index < -0.39 is 55.2 Å². The topological polar surface area (TPSA) is 135 Å². The van der Waals surface area contributed by atoms with Crippen LogP contribution < -0.4 is 16.1 Å². The zero-order chi connectivity index (χ0) is 20.6. The standard InChI is InChI=1S/C13H21N2O8PS/c1-7(2)22-24(19,25)23-10-8(6-16)21-12(11(10)20-3)15-5-4-9(17)14-13(15)18/h4-5,7-8,10-12,16H,6H2,1-3H3,(H,19,25)(H,14,17,18)/p-1/t8-,10?,11+,12-,24?/m1/s1/i6D2. The van der Waals surface area contributed by atoms with Crippen molar-refractivity contribution in [2.45, 2.75) is 44.5 Å². The SMILES string of the molecule is [2H]C([2H])(O)[C@H]1O[C@@H](n2ccc(=O)[nH]c2=O)[C@@H](OC)C1OP([O-])(=S)OC(C)C. The molecule has 1 aromatic heterocycles. The maximum absolute atomic E-state index is 12.4. The van der Waals surface area contributed by atoms with Crippen LogP contribution in [0.4, 0.5) is 0 Å². The molecule has 0 bridgehead atoms. The van der Waals surface area contributed by atoms with Crippen molar-refractivity contribution in [3.8, 4) is 0 Å². The Morgan fingerprint density at radius 3 is 2.76 bits per heavy atom. The molecule has 0 aromatic carbocycles. The van der Waals surface area contributed by atoms with Gasteiger partial charge < -0.3 is 28.5 Å². The Balaban J connectivity index is 2.44. The third-order valence-corrected chi connectivity index (χ3v) is 5.00. The quantitative estimate of drug-likeness (QED) is 0.546. The number of aromatic nitrogens is 2. The van der Waals surface area contributed by atoms with Gasteiger partial charge in [0.1, 0.15) is 25.0 Å². The van der Waals surface area contributed by atoms with Gasteiger partial charge in [-0.1, -0.05) is 11.8 Å². The third kappa shape index (κ3) is 4.83.